The average Bonchev–Trinajstić information content (AvgIpc) is 1.72. The third-order valence-electron chi connectivity index (χ3n) is 20.3. The first-order valence-corrected chi connectivity index (χ1v) is 45.1. The summed E-state index contributed by atoms with van der Waals surface area (Å²) in [7, 11) is 0. The SMILES string of the molecule is CC(C)c1ccc(-c2cnccn2)c(Cl)c1.CC(C)c1ccc(-c2cnco2)c(Cl)c1.CC(C)c1ccc(-c2ncccn2)c(Cl)c1.CC(C)c1ccc(-c2ncco2)c(Cl)c1.CC(C)c1ccc(-n2ccnc2)c(Cl)c1.CCc1cc(C)n(-c2ccc(C(C)C)cc2Cl)n1.Cc1ncn(-c2ccc(C(C)C)cc2Cl)n1.Cc1ncnn1-c1ccc(C(C)C)cc1Cl. The molecule has 662 valence electrons. The normalized spacial score (nSPS) is 11.0. The summed E-state index contributed by atoms with van der Waals surface area (Å²) in [6.07, 6.45) is 24.2. The Morgan fingerprint density at radius 3 is 1.17 bits per heavy atom. The van der Waals surface area contributed by atoms with Crippen molar-refractivity contribution in [3.8, 4) is 68.2 Å². The van der Waals surface area contributed by atoms with Crippen molar-refractivity contribution in [3.63, 3.8) is 0 Å². The monoisotopic (exact) mass is 1860 g/mol. The Morgan fingerprint density at radius 2 is 0.795 bits per heavy atom. The molecule has 8 heterocycles. The van der Waals surface area contributed by atoms with Gasteiger partial charge in [-0.25, -0.2) is 48.9 Å². The molecule has 8 aromatic heterocycles. The lowest BCUT2D eigenvalue weighted by Gasteiger charge is -2.10. The van der Waals surface area contributed by atoms with Crippen LogP contribution in [0.3, 0.4) is 0 Å². The van der Waals surface area contributed by atoms with Crippen molar-refractivity contribution in [1.82, 2.24) is 78.8 Å². The van der Waals surface area contributed by atoms with E-state index >= 15 is 0 Å². The van der Waals surface area contributed by atoms with Gasteiger partial charge in [-0.3, -0.25) is 9.97 Å². The molecule has 0 radical (unpaired) electrons. The minimum absolute atomic E-state index is 0.473. The average molecular weight is 1860 g/mol. The van der Waals surface area contributed by atoms with E-state index in [-0.39, 0.29) is 0 Å². The van der Waals surface area contributed by atoms with Gasteiger partial charge >= 0.3 is 0 Å². The lowest BCUT2D eigenvalue weighted by Crippen LogP contribution is -2.01. The molecule has 0 amide bonds. The molecule has 16 aromatic rings. The van der Waals surface area contributed by atoms with Gasteiger partial charge in [0.2, 0.25) is 5.89 Å². The number of rotatable bonds is 17. The van der Waals surface area contributed by atoms with E-state index in [0.29, 0.717) is 89.9 Å². The number of hydrogen-bond acceptors (Lipinski definition) is 14. The van der Waals surface area contributed by atoms with Crippen LogP contribution in [-0.4, -0.2) is 78.8 Å². The molecule has 18 nitrogen and oxygen atoms in total. The van der Waals surface area contributed by atoms with Crippen LogP contribution in [-0.2, 0) is 6.42 Å². The predicted octanol–water partition coefficient (Wildman–Crippen LogP) is 31.0. The fourth-order valence-electron chi connectivity index (χ4n) is 12.5. The van der Waals surface area contributed by atoms with Crippen LogP contribution in [0, 0.1) is 20.8 Å². The van der Waals surface area contributed by atoms with Gasteiger partial charge in [0.05, 0.1) is 105 Å². The van der Waals surface area contributed by atoms with E-state index in [9.17, 15) is 0 Å². The third-order valence-corrected chi connectivity index (χ3v) is 22.8. The maximum atomic E-state index is 6.37. The van der Waals surface area contributed by atoms with Gasteiger partial charge in [0.1, 0.15) is 30.6 Å². The lowest BCUT2D eigenvalue weighted by atomic mass is 10.0. The van der Waals surface area contributed by atoms with E-state index in [0.717, 1.165) is 95.2 Å². The first kappa shape index (κ1) is 100. The molecule has 0 aliphatic carbocycles. The van der Waals surface area contributed by atoms with Crippen molar-refractivity contribution >= 4 is 92.8 Å². The van der Waals surface area contributed by atoms with Crippen LogP contribution < -0.4 is 0 Å². The van der Waals surface area contributed by atoms with Gasteiger partial charge in [-0.2, -0.15) is 15.3 Å². The second-order valence-electron chi connectivity index (χ2n) is 32.4. The van der Waals surface area contributed by atoms with E-state index in [1.807, 2.05) is 120 Å². The Morgan fingerprint density at radius 1 is 0.354 bits per heavy atom. The molecule has 0 atom stereocenters. The van der Waals surface area contributed by atoms with Gasteiger partial charge in [-0.05, 0) is 222 Å². The van der Waals surface area contributed by atoms with Crippen molar-refractivity contribution < 1.29 is 8.83 Å². The Kier molecular flexibility index (Phi) is 38.2. The summed E-state index contributed by atoms with van der Waals surface area (Å²) in [6, 6.07) is 52.4. The molecule has 0 saturated carbocycles. The van der Waals surface area contributed by atoms with Crippen LogP contribution in [0.25, 0.3) is 68.2 Å². The number of oxazole rings is 2. The molecule has 0 aliphatic heterocycles. The Balaban J connectivity index is 0.000000164. The van der Waals surface area contributed by atoms with Crippen LogP contribution >= 0.6 is 92.8 Å². The number of hydrogen-bond donors (Lipinski definition) is 0. The molecule has 16 rings (SSSR count). The molecule has 0 bridgehead atoms. The second kappa shape index (κ2) is 48.5. The number of benzene rings is 8. The molecule has 0 N–H and O–H groups in total. The van der Waals surface area contributed by atoms with Gasteiger partial charge in [0, 0.05) is 59.6 Å². The number of halogens is 8. The summed E-state index contributed by atoms with van der Waals surface area (Å²) < 4.78 is 17.7. The molecule has 0 spiro atoms. The summed E-state index contributed by atoms with van der Waals surface area (Å²) in [5, 5.41) is 18.7. The minimum Gasteiger partial charge on any atom is -0.444 e. The number of aromatic nitrogens is 16. The molecular formula is C101H110Cl8N16O2. The zero-order valence-corrected chi connectivity index (χ0v) is 81.5. The van der Waals surface area contributed by atoms with Gasteiger partial charge < -0.3 is 13.4 Å². The molecule has 127 heavy (non-hydrogen) atoms. The van der Waals surface area contributed by atoms with E-state index in [4.69, 9.17) is 102 Å². The minimum atomic E-state index is 0.473. The van der Waals surface area contributed by atoms with Crippen LogP contribution in [0.15, 0.2) is 254 Å². The zero-order chi connectivity index (χ0) is 92.3. The highest BCUT2D eigenvalue weighted by molar-refractivity contribution is 6.35. The molecular weight excluding hydrogens is 1750 g/mol. The number of imidazole rings is 1. The second-order valence-corrected chi connectivity index (χ2v) is 35.6. The molecule has 0 unspecified atom stereocenters. The van der Waals surface area contributed by atoms with Gasteiger partial charge in [-0.1, -0.05) is 265 Å². The summed E-state index contributed by atoms with van der Waals surface area (Å²) in [5.41, 5.74) is 20.1. The Hall–Kier alpha value is -10.6. The smallest absolute Gasteiger partial charge is 0.227 e. The third kappa shape index (κ3) is 28.7. The van der Waals surface area contributed by atoms with Crippen LogP contribution in [0.1, 0.15) is 233 Å². The summed E-state index contributed by atoms with van der Waals surface area (Å²) >= 11 is 49.9. The lowest BCUT2D eigenvalue weighted by molar-refractivity contribution is 0.572. The van der Waals surface area contributed by atoms with Crippen molar-refractivity contribution in [2.75, 3.05) is 0 Å². The van der Waals surface area contributed by atoms with Gasteiger partial charge in [0.15, 0.2) is 18.0 Å². The predicted molar refractivity (Wildman–Crippen MR) is 525 cm³/mol. The van der Waals surface area contributed by atoms with Crippen LogP contribution in [0.5, 0.6) is 0 Å². The van der Waals surface area contributed by atoms with Crippen molar-refractivity contribution in [3.05, 3.63) is 353 Å². The summed E-state index contributed by atoms with van der Waals surface area (Å²) in [4.78, 5) is 36.8. The van der Waals surface area contributed by atoms with Gasteiger partial charge in [-0.15, -0.1) is 0 Å². The van der Waals surface area contributed by atoms with Crippen molar-refractivity contribution in [2.24, 2.45) is 0 Å². The van der Waals surface area contributed by atoms with E-state index in [2.05, 4.69) is 245 Å². The van der Waals surface area contributed by atoms with Gasteiger partial charge in [0.25, 0.3) is 0 Å². The molecule has 26 heteroatoms. The van der Waals surface area contributed by atoms with Crippen LogP contribution in [0.2, 0.25) is 40.2 Å². The number of nitrogens with zero attached hydrogens (tertiary/aromatic N) is 16. The standard InChI is InChI=1S/C15H19ClN2.2C13H13ClN2.2C12H14ClN3.C12H13ClN2.2C12H12ClNO/c1-5-13-8-11(4)18(17-13)15-7-6-12(10(2)3)9-14(15)16;1-9(2)10-4-5-11(12(14)8-10)13-15-6-3-7-16-13;1-9(2)10-3-4-11(12(14)7-10)13-8-15-5-6-16-13;1-8(2)10-4-5-12(11(13)6-10)16-7-14-9(3)15-16;1-8(2)10-4-5-12(11(13)6-10)16-9(3)14-7-15-16;1-9(2)10-3-4-12(11(13)7-10)15-6-5-14-8-15;1-8(2)9-3-4-10(11(13)5-9)12-6-14-7-15-12;1-8(2)9-3-4-10(11(13)7-9)12-14-5-6-15-12/h6-10H,5H2,1-4H3;2*3-9H,1-2H3;2*4-8H,1-3H3;3-9H,1-2H3;2*3-8H,1-2H3. The first-order valence-electron chi connectivity index (χ1n) is 42.1. The fourth-order valence-corrected chi connectivity index (χ4v) is 14.7. The van der Waals surface area contributed by atoms with Crippen molar-refractivity contribution in [1.29, 1.82) is 0 Å². The molecule has 0 saturated heterocycles. The fraction of sp³-hybridized carbons (Fsp3) is 0.287. The highest BCUT2D eigenvalue weighted by Crippen LogP contribution is 2.36. The topological polar surface area (TPSA) is 201 Å². The Labute approximate surface area is 787 Å². The van der Waals surface area contributed by atoms with Crippen molar-refractivity contribution in [2.45, 2.75) is 192 Å². The molecule has 0 fully saturated rings. The van der Waals surface area contributed by atoms with E-state index in [1.54, 1.807) is 83.9 Å². The summed E-state index contributed by atoms with van der Waals surface area (Å²) in [6.45, 7) is 42.3. The van der Waals surface area contributed by atoms with E-state index in [1.165, 1.54) is 57.2 Å². The largest absolute Gasteiger partial charge is 0.444 e. The van der Waals surface area contributed by atoms with E-state index < -0.39 is 0 Å². The zero-order valence-electron chi connectivity index (χ0n) is 75.4. The number of aryl methyl sites for hydroxylation is 4. The first-order chi connectivity index (χ1) is 60.6. The van der Waals surface area contributed by atoms with Crippen LogP contribution in [0.4, 0.5) is 0 Å². The highest BCUT2D eigenvalue weighted by Gasteiger charge is 2.17. The Bertz CT molecular complexity index is 5780. The maximum Gasteiger partial charge on any atom is 0.227 e. The highest BCUT2D eigenvalue weighted by atomic mass is 35.5. The summed E-state index contributed by atoms with van der Waals surface area (Å²) in [5.74, 6) is 7.36. The quantitative estimate of drug-likeness (QED) is 0.0833. The maximum absolute atomic E-state index is 6.37. The molecule has 0 aliphatic rings. The molecule has 8 aromatic carbocycles.